The first-order chi connectivity index (χ1) is 14.8. The number of hydrogen-bond acceptors (Lipinski definition) is 1. The summed E-state index contributed by atoms with van der Waals surface area (Å²) in [6, 6.07) is 21.7. The van der Waals surface area contributed by atoms with Crippen LogP contribution >= 0.6 is 22.9 Å². The molecule has 3 aromatic carbocycles. The molecule has 7 rings (SSSR count). The molecule has 3 heterocycles. The first-order valence-electron chi connectivity index (χ1n) is 10.2. The summed E-state index contributed by atoms with van der Waals surface area (Å²) in [7, 11) is 0. The van der Waals surface area contributed by atoms with Crippen molar-refractivity contribution in [1.29, 1.82) is 0 Å². The number of rotatable bonds is 1. The molecule has 0 unspecified atom stereocenters. The molecule has 30 heavy (non-hydrogen) atoms. The van der Waals surface area contributed by atoms with Crippen LogP contribution in [0.5, 0.6) is 0 Å². The second kappa shape index (κ2) is 5.98. The summed E-state index contributed by atoms with van der Waals surface area (Å²) in [5.41, 5.74) is 8.23. The van der Waals surface area contributed by atoms with Gasteiger partial charge in [-0.05, 0) is 49.2 Å². The van der Waals surface area contributed by atoms with Crippen LogP contribution in [0.25, 0.3) is 55.3 Å². The van der Waals surface area contributed by atoms with Crippen molar-refractivity contribution in [3.63, 3.8) is 0 Å². The first-order valence-corrected chi connectivity index (χ1v) is 11.2. The van der Waals surface area contributed by atoms with E-state index in [4.69, 9.17) is 4.98 Å². The van der Waals surface area contributed by atoms with Crippen molar-refractivity contribution in [2.45, 2.75) is 12.8 Å². The molecule has 0 N–H and O–H groups in total. The van der Waals surface area contributed by atoms with Gasteiger partial charge in [-0.15, -0.1) is 0 Å². The van der Waals surface area contributed by atoms with Crippen molar-refractivity contribution in [3.05, 3.63) is 78.9 Å². The number of nitrogens with zero attached hydrogens (tertiary/aromatic N) is 4. The van der Waals surface area contributed by atoms with E-state index in [2.05, 4.69) is 114 Å². The molecular formula is C25H17IN4. The van der Waals surface area contributed by atoms with Gasteiger partial charge in [0.25, 0.3) is 0 Å². The predicted octanol–water partition coefficient (Wildman–Crippen LogP) is 6.94. The van der Waals surface area contributed by atoms with Crippen LogP contribution in [-0.2, 0) is 0 Å². The standard InChI is InChI=1S/C25H17IN4/c26-30-20-12-6-4-10-17(20)18-14-23-24(15-22(18)30)29-21-13-7-5-11-19(21)27-25(29)28(23)16-8-2-1-3-9-16/h2,4-15H,1,3H2. The Morgan fingerprint density at radius 1 is 0.767 bits per heavy atom. The van der Waals surface area contributed by atoms with E-state index in [1.807, 2.05) is 0 Å². The predicted molar refractivity (Wildman–Crippen MR) is 133 cm³/mol. The molecule has 1 aliphatic carbocycles. The number of imidazole rings is 2. The normalized spacial score (nSPS) is 14.6. The fraction of sp³-hybridized carbons (Fsp3) is 0.0800. The second-order valence-corrected chi connectivity index (χ2v) is 8.80. The zero-order chi connectivity index (χ0) is 19.8. The van der Waals surface area contributed by atoms with Gasteiger partial charge in [0.15, 0.2) is 0 Å². The number of fused-ring (bicyclic) bond motifs is 8. The van der Waals surface area contributed by atoms with E-state index in [0.29, 0.717) is 0 Å². The lowest BCUT2D eigenvalue weighted by atomic mass is 10.1. The van der Waals surface area contributed by atoms with Gasteiger partial charge in [-0.2, -0.15) is 0 Å². The lowest BCUT2D eigenvalue weighted by molar-refractivity contribution is 1.01. The van der Waals surface area contributed by atoms with E-state index in [1.54, 1.807) is 0 Å². The van der Waals surface area contributed by atoms with Gasteiger partial charge >= 0.3 is 0 Å². The zero-order valence-corrected chi connectivity index (χ0v) is 18.2. The van der Waals surface area contributed by atoms with Gasteiger partial charge < -0.3 is 0 Å². The Balaban J connectivity index is 1.74. The van der Waals surface area contributed by atoms with E-state index < -0.39 is 0 Å². The minimum Gasteiger partial charge on any atom is -0.282 e. The molecule has 0 amide bonds. The summed E-state index contributed by atoms with van der Waals surface area (Å²) in [4.78, 5) is 5.03. The number of halogens is 1. The third-order valence-electron chi connectivity index (χ3n) is 6.17. The summed E-state index contributed by atoms with van der Waals surface area (Å²) in [6.45, 7) is 0. The van der Waals surface area contributed by atoms with E-state index in [1.165, 1.54) is 38.5 Å². The molecule has 5 heteroatoms. The van der Waals surface area contributed by atoms with Crippen LogP contribution < -0.4 is 0 Å². The van der Waals surface area contributed by atoms with E-state index in [-0.39, 0.29) is 0 Å². The van der Waals surface area contributed by atoms with Crippen molar-refractivity contribution in [1.82, 2.24) is 16.7 Å². The molecule has 0 radical (unpaired) electrons. The summed E-state index contributed by atoms with van der Waals surface area (Å²) in [5.74, 6) is 0.973. The highest BCUT2D eigenvalue weighted by Gasteiger charge is 2.20. The summed E-state index contributed by atoms with van der Waals surface area (Å²) in [6.07, 6.45) is 8.98. The first kappa shape index (κ1) is 16.7. The minimum atomic E-state index is 0.973. The van der Waals surface area contributed by atoms with Crippen molar-refractivity contribution in [3.8, 4) is 0 Å². The molecule has 0 saturated heterocycles. The quantitative estimate of drug-likeness (QED) is 0.225. The highest BCUT2D eigenvalue weighted by atomic mass is 127. The highest BCUT2D eigenvalue weighted by molar-refractivity contribution is 14.1. The summed E-state index contributed by atoms with van der Waals surface area (Å²) >= 11 is 2.42. The average molecular weight is 500 g/mol. The van der Waals surface area contributed by atoms with Crippen molar-refractivity contribution in [2.24, 2.45) is 0 Å². The Bertz CT molecular complexity index is 1710. The van der Waals surface area contributed by atoms with Crippen LogP contribution in [0.1, 0.15) is 12.8 Å². The van der Waals surface area contributed by atoms with Crippen LogP contribution in [0.4, 0.5) is 0 Å². The largest absolute Gasteiger partial charge is 0.282 e. The maximum atomic E-state index is 5.03. The van der Waals surface area contributed by atoms with E-state index in [0.717, 1.165) is 29.7 Å². The number of allylic oxidation sites excluding steroid dienone is 4. The van der Waals surface area contributed by atoms with E-state index in [9.17, 15) is 0 Å². The minimum absolute atomic E-state index is 0.973. The van der Waals surface area contributed by atoms with Gasteiger partial charge in [0.1, 0.15) is 0 Å². The Labute approximate surface area is 186 Å². The molecule has 6 aromatic rings. The van der Waals surface area contributed by atoms with Gasteiger partial charge in [-0.25, -0.2) is 4.98 Å². The lowest BCUT2D eigenvalue weighted by Gasteiger charge is -2.10. The van der Waals surface area contributed by atoms with Crippen LogP contribution in [0.2, 0.25) is 0 Å². The average Bonchev–Trinajstić information content (AvgIpc) is 3.41. The molecule has 4 nitrogen and oxygen atoms in total. The zero-order valence-electron chi connectivity index (χ0n) is 16.1. The number of para-hydroxylation sites is 3. The highest BCUT2D eigenvalue weighted by Crippen LogP contribution is 2.37. The Kier molecular flexibility index (Phi) is 3.33. The molecule has 0 bridgehead atoms. The molecule has 144 valence electrons. The maximum absolute atomic E-state index is 5.03. The van der Waals surface area contributed by atoms with Crippen molar-refractivity contribution < 1.29 is 0 Å². The Morgan fingerprint density at radius 3 is 2.47 bits per heavy atom. The molecule has 3 aromatic heterocycles. The monoisotopic (exact) mass is 500 g/mol. The van der Waals surface area contributed by atoms with Gasteiger partial charge in [0.2, 0.25) is 5.78 Å². The smallest absolute Gasteiger partial charge is 0.220 e. The molecule has 0 fully saturated rings. The van der Waals surface area contributed by atoms with Crippen molar-refractivity contribution in [2.75, 3.05) is 0 Å². The van der Waals surface area contributed by atoms with Crippen LogP contribution in [0.3, 0.4) is 0 Å². The summed E-state index contributed by atoms with van der Waals surface area (Å²) in [5, 5.41) is 2.56. The Hall–Kier alpha value is -3.06. The van der Waals surface area contributed by atoms with Gasteiger partial charge in [-0.3, -0.25) is 11.7 Å². The lowest BCUT2D eigenvalue weighted by Crippen LogP contribution is -1.98. The molecule has 0 atom stereocenters. The van der Waals surface area contributed by atoms with E-state index >= 15 is 0 Å². The molecule has 0 saturated carbocycles. The molecular weight excluding hydrogens is 483 g/mol. The van der Waals surface area contributed by atoms with Crippen molar-refractivity contribution >= 4 is 78.2 Å². The van der Waals surface area contributed by atoms with Crippen LogP contribution in [-0.4, -0.2) is 16.7 Å². The third kappa shape index (κ3) is 2.08. The number of benzene rings is 3. The SMILES string of the molecule is In1c2ccccc2c2cc3c(cc21)n1c2ccccc2nc1n3C1=CCCC=C1. The molecule has 0 aliphatic heterocycles. The number of hydrogen-bond donors (Lipinski definition) is 0. The van der Waals surface area contributed by atoms with Gasteiger partial charge in [-0.1, -0.05) is 42.5 Å². The van der Waals surface area contributed by atoms with Crippen LogP contribution in [0, 0.1) is 0 Å². The topological polar surface area (TPSA) is 27.2 Å². The second-order valence-electron chi connectivity index (χ2n) is 7.84. The third-order valence-corrected chi connectivity index (χ3v) is 7.21. The molecule has 1 aliphatic rings. The fourth-order valence-corrected chi connectivity index (χ4v) is 5.65. The van der Waals surface area contributed by atoms with Gasteiger partial charge in [0, 0.05) is 16.5 Å². The summed E-state index contributed by atoms with van der Waals surface area (Å²) < 4.78 is 6.90. The Morgan fingerprint density at radius 2 is 1.60 bits per heavy atom. The van der Waals surface area contributed by atoms with Crippen LogP contribution in [0.15, 0.2) is 78.9 Å². The fourth-order valence-electron chi connectivity index (χ4n) is 4.83. The number of aromatic nitrogens is 4. The maximum Gasteiger partial charge on any atom is 0.220 e. The molecule has 0 spiro atoms. The van der Waals surface area contributed by atoms with Gasteiger partial charge in [0.05, 0.1) is 56.0 Å².